The Kier molecular flexibility index (Phi) is 4.06. The van der Waals surface area contributed by atoms with Crippen molar-refractivity contribution in [3.8, 4) is 11.4 Å². The zero-order valence-corrected chi connectivity index (χ0v) is 14.1. The molecule has 0 saturated carbocycles. The summed E-state index contributed by atoms with van der Waals surface area (Å²) in [5, 5.41) is 11.2. The molecule has 0 aliphatic heterocycles. The third kappa shape index (κ3) is 3.06. The summed E-state index contributed by atoms with van der Waals surface area (Å²) in [4.78, 5) is 8.85. The van der Waals surface area contributed by atoms with Gasteiger partial charge in [-0.25, -0.2) is 9.97 Å². The lowest BCUT2D eigenvalue weighted by atomic mass is 10.2. The number of nitrogens with one attached hydrogen (secondary N) is 1. The van der Waals surface area contributed by atoms with Gasteiger partial charge in [0.2, 0.25) is 0 Å². The van der Waals surface area contributed by atoms with Crippen molar-refractivity contribution >= 4 is 21.4 Å². The van der Waals surface area contributed by atoms with E-state index in [0.29, 0.717) is 5.82 Å². The fourth-order valence-corrected chi connectivity index (χ4v) is 3.61. The Hall–Kier alpha value is -2.57. The second-order valence-electron chi connectivity index (χ2n) is 5.68. The normalized spacial score (nSPS) is 11.2. The van der Waals surface area contributed by atoms with E-state index >= 15 is 0 Å². The lowest BCUT2D eigenvalue weighted by molar-refractivity contribution is 0.693. The summed E-state index contributed by atoms with van der Waals surface area (Å²) in [7, 11) is 1.88. The summed E-state index contributed by atoms with van der Waals surface area (Å²) in [6.45, 7) is 1.59. The van der Waals surface area contributed by atoms with Gasteiger partial charge < -0.3 is 5.32 Å². The van der Waals surface area contributed by atoms with Crippen LogP contribution in [-0.2, 0) is 20.1 Å². The Balaban J connectivity index is 1.39. The van der Waals surface area contributed by atoms with Gasteiger partial charge in [0, 0.05) is 49.0 Å². The average molecular weight is 335 g/mol. The number of thiophene rings is 1. The van der Waals surface area contributed by atoms with E-state index < -0.39 is 0 Å². The minimum absolute atomic E-state index is 0.704. The summed E-state index contributed by atoms with van der Waals surface area (Å²) < 4.78 is 3.08. The maximum atomic E-state index is 4.43. The summed E-state index contributed by atoms with van der Waals surface area (Å²) in [6, 6.07) is 8.50. The van der Waals surface area contributed by atoms with Gasteiger partial charge in [0.1, 0.15) is 0 Å². The smallest absolute Gasteiger partial charge is 0.162 e. The molecule has 0 atom stereocenters. The van der Waals surface area contributed by atoms with E-state index in [0.717, 1.165) is 24.2 Å². The number of hydrogen-bond donors (Lipinski definition) is 1. The maximum Gasteiger partial charge on any atom is 0.162 e. The molecule has 0 saturated heterocycles. The lowest BCUT2D eigenvalue weighted by Gasteiger charge is -2.04. The van der Waals surface area contributed by atoms with Crippen LogP contribution >= 0.6 is 11.3 Å². The van der Waals surface area contributed by atoms with Crippen molar-refractivity contribution in [3.05, 3.63) is 65.6 Å². The molecule has 0 spiro atoms. The SMILES string of the molecule is Cn1cc(-c2ncc(CNCc3csc4ccccc34)cn2)cn1. The minimum Gasteiger partial charge on any atom is -0.308 e. The van der Waals surface area contributed by atoms with Crippen molar-refractivity contribution in [2.75, 3.05) is 0 Å². The van der Waals surface area contributed by atoms with E-state index in [9.17, 15) is 0 Å². The fourth-order valence-electron chi connectivity index (χ4n) is 2.64. The Morgan fingerprint density at radius 3 is 2.71 bits per heavy atom. The molecule has 0 aliphatic rings. The third-order valence-corrected chi connectivity index (χ3v) is 4.89. The molecular weight excluding hydrogens is 318 g/mol. The predicted octanol–water partition coefficient (Wildman–Crippen LogP) is 3.38. The molecule has 24 heavy (non-hydrogen) atoms. The van der Waals surface area contributed by atoms with Gasteiger partial charge in [0.25, 0.3) is 0 Å². The van der Waals surface area contributed by atoms with E-state index in [1.54, 1.807) is 22.2 Å². The highest BCUT2D eigenvalue weighted by molar-refractivity contribution is 7.17. The van der Waals surface area contributed by atoms with Gasteiger partial charge in [-0.15, -0.1) is 11.3 Å². The fraction of sp³-hybridized carbons (Fsp3) is 0.167. The van der Waals surface area contributed by atoms with Crippen molar-refractivity contribution < 1.29 is 0 Å². The molecule has 1 aromatic carbocycles. The second-order valence-corrected chi connectivity index (χ2v) is 6.59. The standard InChI is InChI=1S/C18H17N5S/c1-23-11-14(10-22-23)18-20-7-13(8-21-18)6-19-9-15-12-24-17-5-3-2-4-16(15)17/h2-5,7-8,10-12,19H,6,9H2,1H3. The Labute approximate surface area is 144 Å². The van der Waals surface area contributed by atoms with Crippen LogP contribution in [-0.4, -0.2) is 19.7 Å². The van der Waals surface area contributed by atoms with Crippen LogP contribution in [0.25, 0.3) is 21.5 Å². The molecule has 4 rings (SSSR count). The number of aromatic nitrogens is 4. The zero-order chi connectivity index (χ0) is 16.4. The first kappa shape index (κ1) is 15.0. The molecule has 0 bridgehead atoms. The number of benzene rings is 1. The van der Waals surface area contributed by atoms with Crippen molar-refractivity contribution in [2.24, 2.45) is 7.05 Å². The van der Waals surface area contributed by atoms with Crippen LogP contribution < -0.4 is 5.32 Å². The van der Waals surface area contributed by atoms with Crippen molar-refractivity contribution in [3.63, 3.8) is 0 Å². The van der Waals surface area contributed by atoms with Gasteiger partial charge in [-0.2, -0.15) is 5.10 Å². The largest absolute Gasteiger partial charge is 0.308 e. The van der Waals surface area contributed by atoms with Crippen LogP contribution in [0.15, 0.2) is 54.4 Å². The zero-order valence-electron chi connectivity index (χ0n) is 13.3. The Morgan fingerprint density at radius 1 is 1.08 bits per heavy atom. The van der Waals surface area contributed by atoms with E-state index in [-0.39, 0.29) is 0 Å². The van der Waals surface area contributed by atoms with Gasteiger partial charge in [0.05, 0.1) is 11.8 Å². The van der Waals surface area contributed by atoms with Crippen molar-refractivity contribution in [1.82, 2.24) is 25.1 Å². The van der Waals surface area contributed by atoms with E-state index in [1.807, 2.05) is 25.6 Å². The maximum absolute atomic E-state index is 4.43. The molecule has 0 unspecified atom stereocenters. The van der Waals surface area contributed by atoms with Gasteiger partial charge in [-0.1, -0.05) is 18.2 Å². The number of aryl methyl sites for hydroxylation is 1. The first-order valence-corrected chi connectivity index (χ1v) is 8.63. The summed E-state index contributed by atoms with van der Waals surface area (Å²) >= 11 is 1.79. The molecule has 0 aliphatic carbocycles. The number of rotatable bonds is 5. The highest BCUT2D eigenvalue weighted by Crippen LogP contribution is 2.25. The predicted molar refractivity (Wildman–Crippen MR) is 96.6 cm³/mol. The molecule has 1 N–H and O–H groups in total. The molecule has 0 amide bonds. The average Bonchev–Trinajstić information content (AvgIpc) is 3.22. The molecule has 0 fully saturated rings. The van der Waals surface area contributed by atoms with Crippen LogP contribution in [0, 0.1) is 0 Å². The van der Waals surface area contributed by atoms with Crippen molar-refractivity contribution in [1.29, 1.82) is 0 Å². The van der Waals surface area contributed by atoms with Crippen LogP contribution in [0.1, 0.15) is 11.1 Å². The molecule has 0 radical (unpaired) electrons. The molecule has 3 aromatic heterocycles. The number of nitrogens with zero attached hydrogens (tertiary/aromatic N) is 4. The van der Waals surface area contributed by atoms with Gasteiger partial charge >= 0.3 is 0 Å². The lowest BCUT2D eigenvalue weighted by Crippen LogP contribution is -2.12. The van der Waals surface area contributed by atoms with Crippen LogP contribution in [0.4, 0.5) is 0 Å². The van der Waals surface area contributed by atoms with Gasteiger partial charge in [-0.3, -0.25) is 4.68 Å². The summed E-state index contributed by atoms with van der Waals surface area (Å²) in [5.41, 5.74) is 3.34. The molecule has 120 valence electrons. The van der Waals surface area contributed by atoms with E-state index in [4.69, 9.17) is 0 Å². The third-order valence-electron chi connectivity index (χ3n) is 3.87. The Bertz CT molecular complexity index is 955. The minimum atomic E-state index is 0.704. The van der Waals surface area contributed by atoms with Crippen LogP contribution in [0.2, 0.25) is 0 Å². The Morgan fingerprint density at radius 2 is 1.92 bits per heavy atom. The molecular formula is C18H17N5S. The first-order valence-electron chi connectivity index (χ1n) is 7.75. The number of fused-ring (bicyclic) bond motifs is 1. The van der Waals surface area contributed by atoms with Crippen molar-refractivity contribution in [2.45, 2.75) is 13.1 Å². The van der Waals surface area contributed by atoms with Crippen LogP contribution in [0.3, 0.4) is 0 Å². The van der Waals surface area contributed by atoms with Gasteiger partial charge in [-0.05, 0) is 22.4 Å². The highest BCUT2D eigenvalue weighted by Gasteiger charge is 2.05. The second kappa shape index (κ2) is 6.51. The monoisotopic (exact) mass is 335 g/mol. The summed E-state index contributed by atoms with van der Waals surface area (Å²) in [5.74, 6) is 0.704. The quantitative estimate of drug-likeness (QED) is 0.607. The molecule has 3 heterocycles. The highest BCUT2D eigenvalue weighted by atomic mass is 32.1. The topological polar surface area (TPSA) is 55.6 Å². The summed E-state index contributed by atoms with van der Waals surface area (Å²) in [6.07, 6.45) is 7.42. The van der Waals surface area contributed by atoms with E-state index in [2.05, 4.69) is 50.0 Å². The van der Waals surface area contributed by atoms with Crippen LogP contribution in [0.5, 0.6) is 0 Å². The molecule has 4 aromatic rings. The molecule has 6 heteroatoms. The molecule has 5 nitrogen and oxygen atoms in total. The van der Waals surface area contributed by atoms with E-state index in [1.165, 1.54) is 15.6 Å². The number of hydrogen-bond acceptors (Lipinski definition) is 5. The first-order chi connectivity index (χ1) is 11.8. The van der Waals surface area contributed by atoms with Gasteiger partial charge in [0.15, 0.2) is 5.82 Å².